The van der Waals surface area contributed by atoms with Crippen molar-refractivity contribution in [2.45, 2.75) is 25.4 Å². The van der Waals surface area contributed by atoms with Gasteiger partial charge in [-0.05, 0) is 6.07 Å². The first kappa shape index (κ1) is 26.7. The molecule has 202 valence electrons. The molecule has 0 atom stereocenters. The quantitative estimate of drug-likeness (QED) is 0.263. The molecule has 37 heavy (non-hydrogen) atoms. The summed E-state index contributed by atoms with van der Waals surface area (Å²) in [6, 6.07) is 1.58. The van der Waals surface area contributed by atoms with Gasteiger partial charge in [0.25, 0.3) is 0 Å². The van der Waals surface area contributed by atoms with Crippen LogP contribution in [0.2, 0.25) is 0 Å². The number of nitrogens with one attached hydrogen (secondary N) is 3. The summed E-state index contributed by atoms with van der Waals surface area (Å²) in [6.07, 6.45) is -6.13. The number of anilines is 3. The van der Waals surface area contributed by atoms with E-state index in [0.29, 0.717) is 37.9 Å². The Morgan fingerprint density at radius 1 is 1.05 bits per heavy atom. The summed E-state index contributed by atoms with van der Waals surface area (Å²) < 4.78 is 81.8. The predicted molar refractivity (Wildman–Crippen MR) is 120 cm³/mol. The molecule has 3 aromatic rings. The van der Waals surface area contributed by atoms with Crippen LogP contribution in [-0.2, 0) is 17.8 Å². The van der Waals surface area contributed by atoms with Crippen LogP contribution < -0.4 is 20.9 Å². The summed E-state index contributed by atoms with van der Waals surface area (Å²) in [5.74, 6) is 0.942. The number of rotatable bonds is 10. The fourth-order valence-electron chi connectivity index (χ4n) is 3.65. The van der Waals surface area contributed by atoms with Gasteiger partial charge in [0.2, 0.25) is 5.95 Å². The van der Waals surface area contributed by atoms with Crippen molar-refractivity contribution in [3.05, 3.63) is 24.3 Å². The largest absolute Gasteiger partial charge is 0.411 e. The van der Waals surface area contributed by atoms with Crippen molar-refractivity contribution in [2.24, 2.45) is 0 Å². The third-order valence-electron chi connectivity index (χ3n) is 5.20. The Hall–Kier alpha value is -3.31. The average molecular weight is 534 g/mol. The van der Waals surface area contributed by atoms with Gasteiger partial charge in [0.1, 0.15) is 35.5 Å². The number of aromatic nitrogens is 6. The molecule has 1 aliphatic rings. The number of alkyl halides is 6. The summed E-state index contributed by atoms with van der Waals surface area (Å²) in [7, 11) is 0. The van der Waals surface area contributed by atoms with Crippen molar-refractivity contribution >= 4 is 28.6 Å². The second kappa shape index (κ2) is 11.4. The van der Waals surface area contributed by atoms with E-state index >= 15 is 0 Å². The second-order valence-corrected chi connectivity index (χ2v) is 8.08. The standard InChI is InChI=1S/C20H24F6N10O/c21-19(22,23)10-29-9-13-15-16(36(34-13)7-8-37-11-20(24,25)26)17(31-14-1-2-28-12-30-14)33-18(32-15)35-5-3-27-4-6-35/h1-2,12,27,29H,3-11H2,(H,28,30,31,32,33). The van der Waals surface area contributed by atoms with E-state index < -0.39 is 25.5 Å². The molecule has 0 aliphatic carbocycles. The van der Waals surface area contributed by atoms with Crippen molar-refractivity contribution < 1.29 is 31.1 Å². The van der Waals surface area contributed by atoms with Crippen molar-refractivity contribution in [1.29, 1.82) is 0 Å². The van der Waals surface area contributed by atoms with Crippen LogP contribution in [0.1, 0.15) is 5.69 Å². The minimum atomic E-state index is -4.50. The van der Waals surface area contributed by atoms with Gasteiger partial charge >= 0.3 is 12.4 Å². The Labute approximate surface area is 206 Å². The highest BCUT2D eigenvalue weighted by atomic mass is 19.4. The SMILES string of the molecule is FC(F)(F)CNCc1nn(CCOCC(F)(F)F)c2c(Nc3ccncn3)nc(N3CCNCC3)nc12. The Morgan fingerprint density at radius 3 is 2.51 bits per heavy atom. The summed E-state index contributed by atoms with van der Waals surface area (Å²) >= 11 is 0. The number of hydrogen-bond donors (Lipinski definition) is 3. The summed E-state index contributed by atoms with van der Waals surface area (Å²) in [5, 5.41) is 12.9. The zero-order valence-electron chi connectivity index (χ0n) is 19.4. The molecule has 3 N–H and O–H groups in total. The summed E-state index contributed by atoms with van der Waals surface area (Å²) in [6.45, 7) is -0.882. The molecular formula is C20H24F6N10O. The highest BCUT2D eigenvalue weighted by molar-refractivity contribution is 5.90. The van der Waals surface area contributed by atoms with Gasteiger partial charge in [0, 0.05) is 38.9 Å². The number of fused-ring (bicyclic) bond motifs is 1. The number of hydrogen-bond acceptors (Lipinski definition) is 10. The molecule has 4 rings (SSSR count). The molecule has 1 fully saturated rings. The fourth-order valence-corrected chi connectivity index (χ4v) is 3.65. The van der Waals surface area contributed by atoms with E-state index in [9.17, 15) is 26.3 Å². The third-order valence-corrected chi connectivity index (χ3v) is 5.20. The maximum Gasteiger partial charge on any atom is 0.411 e. The lowest BCUT2D eigenvalue weighted by Gasteiger charge is -2.27. The molecule has 1 saturated heterocycles. The molecule has 1 aliphatic heterocycles. The molecule has 0 unspecified atom stereocenters. The van der Waals surface area contributed by atoms with E-state index in [1.54, 1.807) is 6.07 Å². The molecular weight excluding hydrogens is 510 g/mol. The van der Waals surface area contributed by atoms with Gasteiger partial charge in [-0.25, -0.2) is 15.0 Å². The van der Waals surface area contributed by atoms with E-state index in [2.05, 4.69) is 41.0 Å². The molecule has 0 amide bonds. The van der Waals surface area contributed by atoms with Crippen molar-refractivity contribution in [2.75, 3.05) is 56.2 Å². The zero-order valence-corrected chi connectivity index (χ0v) is 19.4. The monoisotopic (exact) mass is 534 g/mol. The molecule has 0 spiro atoms. The van der Waals surface area contributed by atoms with E-state index in [-0.39, 0.29) is 42.2 Å². The van der Waals surface area contributed by atoms with E-state index in [0.717, 1.165) is 0 Å². The second-order valence-electron chi connectivity index (χ2n) is 8.08. The van der Waals surface area contributed by atoms with Gasteiger partial charge in [0.05, 0.1) is 19.7 Å². The number of halogens is 6. The Balaban J connectivity index is 1.73. The van der Waals surface area contributed by atoms with Gasteiger partial charge in [-0.15, -0.1) is 0 Å². The van der Waals surface area contributed by atoms with Crippen LogP contribution in [0.5, 0.6) is 0 Å². The molecule has 11 nitrogen and oxygen atoms in total. The van der Waals surface area contributed by atoms with Crippen LogP contribution in [0.25, 0.3) is 11.0 Å². The smallest absolute Gasteiger partial charge is 0.370 e. The average Bonchev–Trinajstić information content (AvgIpc) is 3.19. The molecule has 4 heterocycles. The Morgan fingerprint density at radius 2 is 1.84 bits per heavy atom. The highest BCUT2D eigenvalue weighted by Gasteiger charge is 2.29. The van der Waals surface area contributed by atoms with Crippen molar-refractivity contribution in [1.82, 2.24) is 40.3 Å². The van der Waals surface area contributed by atoms with E-state index in [1.807, 2.05) is 4.90 Å². The number of nitrogens with zero attached hydrogens (tertiary/aromatic N) is 7. The van der Waals surface area contributed by atoms with E-state index in [1.165, 1.54) is 17.2 Å². The first-order chi connectivity index (χ1) is 17.6. The molecule has 3 aromatic heterocycles. The van der Waals surface area contributed by atoms with Gasteiger partial charge in [0.15, 0.2) is 5.82 Å². The van der Waals surface area contributed by atoms with Gasteiger partial charge in [-0.1, -0.05) is 0 Å². The molecule has 0 bridgehead atoms. The molecule has 0 radical (unpaired) electrons. The Kier molecular flexibility index (Phi) is 8.23. The van der Waals surface area contributed by atoms with Crippen molar-refractivity contribution in [3.8, 4) is 0 Å². The number of ether oxygens (including phenoxy) is 1. The van der Waals surface area contributed by atoms with Crippen LogP contribution in [0.15, 0.2) is 18.6 Å². The van der Waals surface area contributed by atoms with Gasteiger partial charge in [-0.3, -0.25) is 4.68 Å². The summed E-state index contributed by atoms with van der Waals surface area (Å²) in [4.78, 5) is 19.1. The third kappa shape index (κ3) is 7.59. The van der Waals surface area contributed by atoms with Crippen LogP contribution in [0.3, 0.4) is 0 Å². The summed E-state index contributed by atoms with van der Waals surface area (Å²) in [5.41, 5.74) is 0.724. The molecule has 17 heteroatoms. The topological polar surface area (TPSA) is 118 Å². The fraction of sp³-hybridized carbons (Fsp3) is 0.550. The zero-order chi connectivity index (χ0) is 26.5. The minimum absolute atomic E-state index is 0.124. The van der Waals surface area contributed by atoms with Crippen molar-refractivity contribution in [3.63, 3.8) is 0 Å². The lowest BCUT2D eigenvalue weighted by Crippen LogP contribution is -2.44. The molecule has 0 aromatic carbocycles. The first-order valence-corrected chi connectivity index (χ1v) is 11.3. The maximum atomic E-state index is 12.7. The van der Waals surface area contributed by atoms with E-state index in [4.69, 9.17) is 4.74 Å². The van der Waals surface area contributed by atoms with Crippen LogP contribution in [0.4, 0.5) is 43.9 Å². The lowest BCUT2D eigenvalue weighted by atomic mass is 10.3. The maximum absolute atomic E-state index is 12.7. The predicted octanol–water partition coefficient (Wildman–Crippen LogP) is 2.00. The highest BCUT2D eigenvalue weighted by Crippen LogP contribution is 2.29. The minimum Gasteiger partial charge on any atom is -0.370 e. The molecule has 0 saturated carbocycles. The first-order valence-electron chi connectivity index (χ1n) is 11.3. The lowest BCUT2D eigenvalue weighted by molar-refractivity contribution is -0.174. The van der Waals surface area contributed by atoms with Crippen LogP contribution in [0, 0.1) is 0 Å². The van der Waals surface area contributed by atoms with Gasteiger partial charge in [-0.2, -0.15) is 36.4 Å². The van der Waals surface area contributed by atoms with Gasteiger partial charge < -0.3 is 25.6 Å². The van der Waals surface area contributed by atoms with Crippen LogP contribution >= 0.6 is 0 Å². The normalized spacial score (nSPS) is 14.9. The Bertz CT molecular complexity index is 1160. The number of piperazine rings is 1. The van der Waals surface area contributed by atoms with Crippen LogP contribution in [-0.4, -0.2) is 88.0 Å².